The number of carbonyl (C=O) groups excluding carboxylic acids is 1. The van der Waals surface area contributed by atoms with Crippen LogP contribution in [-0.4, -0.2) is 51.1 Å². The fourth-order valence-corrected chi connectivity index (χ4v) is 7.84. The first-order chi connectivity index (χ1) is 19.2. The molecule has 0 saturated carbocycles. The van der Waals surface area contributed by atoms with E-state index in [4.69, 9.17) is 0 Å². The molecule has 6 nitrogen and oxygen atoms in total. The van der Waals surface area contributed by atoms with Crippen molar-refractivity contribution in [2.45, 2.75) is 88.9 Å². The smallest absolute Gasteiger partial charge is 0.349 e. The lowest BCUT2D eigenvalue weighted by Gasteiger charge is -2.29. The second-order valence-corrected chi connectivity index (χ2v) is 13.2. The summed E-state index contributed by atoms with van der Waals surface area (Å²) in [5.41, 5.74) is 5.49. The molecule has 1 heterocycles. The highest BCUT2D eigenvalue weighted by Crippen LogP contribution is 2.33. The fraction of sp³-hybridized carbons (Fsp3) is 0.516. The van der Waals surface area contributed by atoms with Crippen molar-refractivity contribution in [1.29, 1.82) is 0 Å². The zero-order valence-electron chi connectivity index (χ0n) is 24.0. The number of fused-ring (bicyclic) bond motifs is 1. The molecule has 1 saturated heterocycles. The van der Waals surface area contributed by atoms with Gasteiger partial charge in [-0.2, -0.15) is 17.9 Å². The Hall–Kier alpha value is -2.69. The average molecular weight is 592 g/mol. The van der Waals surface area contributed by atoms with Gasteiger partial charge in [0.2, 0.25) is 15.9 Å². The Kier molecular flexibility index (Phi) is 9.66. The molecule has 1 amide bonds. The summed E-state index contributed by atoms with van der Waals surface area (Å²) in [5.74, 6) is -0.858. The molecule has 224 valence electrons. The van der Waals surface area contributed by atoms with Gasteiger partial charge in [-0.1, -0.05) is 48.9 Å². The SMILES string of the molecule is C=C(CN1CCCCC1)c1ccc2c(c1)CCC[C@H]2NC(=O)C[C@H](NS(=O)(=O)c1c(C)cc(C)cc1C)C(F)(F)F. The second-order valence-electron chi connectivity index (χ2n) is 11.5. The number of halogens is 3. The number of hydrogen-bond donors (Lipinski definition) is 2. The summed E-state index contributed by atoms with van der Waals surface area (Å²) in [5, 5.41) is 2.74. The third-order valence-corrected chi connectivity index (χ3v) is 9.80. The minimum absolute atomic E-state index is 0.198. The Morgan fingerprint density at radius 3 is 2.34 bits per heavy atom. The van der Waals surface area contributed by atoms with Gasteiger partial charge < -0.3 is 5.32 Å². The van der Waals surface area contributed by atoms with Gasteiger partial charge in [0.05, 0.1) is 17.4 Å². The third kappa shape index (κ3) is 7.78. The van der Waals surface area contributed by atoms with Gasteiger partial charge >= 0.3 is 6.18 Å². The summed E-state index contributed by atoms with van der Waals surface area (Å²) < 4.78 is 69.8. The van der Waals surface area contributed by atoms with E-state index in [0.717, 1.165) is 60.3 Å². The van der Waals surface area contributed by atoms with Crippen LogP contribution in [-0.2, 0) is 21.2 Å². The molecule has 4 rings (SSSR count). The first-order valence-corrected chi connectivity index (χ1v) is 15.7. The van der Waals surface area contributed by atoms with Crippen LogP contribution in [0.15, 0.2) is 41.8 Å². The predicted molar refractivity (Wildman–Crippen MR) is 155 cm³/mol. The van der Waals surface area contributed by atoms with Crippen LogP contribution in [0.5, 0.6) is 0 Å². The number of aryl methyl sites for hydroxylation is 4. The van der Waals surface area contributed by atoms with Gasteiger partial charge in [0.1, 0.15) is 6.04 Å². The quantitative estimate of drug-likeness (QED) is 0.381. The topological polar surface area (TPSA) is 78.5 Å². The number of likely N-dealkylation sites (tertiary alicyclic amines) is 1. The Morgan fingerprint density at radius 1 is 1.05 bits per heavy atom. The first kappa shape index (κ1) is 31.3. The van der Waals surface area contributed by atoms with E-state index in [1.165, 1.54) is 19.3 Å². The van der Waals surface area contributed by atoms with Crippen LogP contribution < -0.4 is 10.0 Å². The molecule has 2 atom stereocenters. The maximum absolute atomic E-state index is 14.0. The molecule has 1 aliphatic carbocycles. The number of amides is 1. The van der Waals surface area contributed by atoms with Gasteiger partial charge in [0.15, 0.2) is 0 Å². The largest absolute Gasteiger partial charge is 0.405 e. The Balaban J connectivity index is 1.45. The zero-order valence-corrected chi connectivity index (χ0v) is 24.9. The van der Waals surface area contributed by atoms with Crippen molar-refractivity contribution in [3.8, 4) is 0 Å². The first-order valence-electron chi connectivity index (χ1n) is 14.2. The average Bonchev–Trinajstić information content (AvgIpc) is 2.87. The predicted octanol–water partition coefficient (Wildman–Crippen LogP) is 5.90. The van der Waals surface area contributed by atoms with Crippen molar-refractivity contribution in [1.82, 2.24) is 14.9 Å². The molecule has 0 radical (unpaired) electrons. The van der Waals surface area contributed by atoms with Crippen molar-refractivity contribution in [3.05, 3.63) is 70.3 Å². The minimum atomic E-state index is -4.95. The molecule has 0 spiro atoms. The molecule has 41 heavy (non-hydrogen) atoms. The van der Waals surface area contributed by atoms with Crippen LogP contribution in [0.3, 0.4) is 0 Å². The molecule has 0 bridgehead atoms. The van der Waals surface area contributed by atoms with Crippen LogP contribution in [0.25, 0.3) is 5.57 Å². The molecule has 1 aliphatic heterocycles. The van der Waals surface area contributed by atoms with Crippen molar-refractivity contribution >= 4 is 21.5 Å². The van der Waals surface area contributed by atoms with Gasteiger partial charge in [-0.25, -0.2) is 8.42 Å². The lowest BCUT2D eigenvalue weighted by atomic mass is 9.85. The summed E-state index contributed by atoms with van der Waals surface area (Å²) in [7, 11) is -4.53. The molecular formula is C31H40F3N3O3S. The summed E-state index contributed by atoms with van der Waals surface area (Å²) in [6, 6.07) is 6.19. The Labute approximate surface area is 241 Å². The van der Waals surface area contributed by atoms with Crippen LogP contribution in [0.4, 0.5) is 13.2 Å². The van der Waals surface area contributed by atoms with E-state index in [1.54, 1.807) is 37.6 Å². The molecule has 10 heteroatoms. The lowest BCUT2D eigenvalue weighted by molar-refractivity contribution is -0.158. The van der Waals surface area contributed by atoms with E-state index in [0.29, 0.717) is 17.5 Å². The number of hydrogen-bond acceptors (Lipinski definition) is 4. The van der Waals surface area contributed by atoms with Gasteiger partial charge in [0.25, 0.3) is 0 Å². The molecule has 2 N–H and O–H groups in total. The Morgan fingerprint density at radius 2 is 1.71 bits per heavy atom. The standard InChI is InChI=1S/C31H40F3N3O3S/c1-20-15-21(2)30(22(3)16-20)41(39,40)36-28(31(32,33)34)18-29(38)35-27-10-8-9-25-17-24(11-12-26(25)27)23(4)19-37-13-6-5-7-14-37/h11-12,15-17,27-28,36H,4-10,13-14,18-19H2,1-3H3,(H,35,38)/t27-,28+/m1/s1. The van der Waals surface area contributed by atoms with Gasteiger partial charge in [0, 0.05) is 6.54 Å². The van der Waals surface area contributed by atoms with E-state index in [2.05, 4.69) is 22.9 Å². The molecule has 2 aromatic rings. The number of carbonyl (C=O) groups is 1. The highest BCUT2D eigenvalue weighted by molar-refractivity contribution is 7.89. The van der Waals surface area contributed by atoms with E-state index < -0.39 is 40.6 Å². The molecule has 2 aromatic carbocycles. The van der Waals surface area contributed by atoms with Crippen molar-refractivity contribution in [3.63, 3.8) is 0 Å². The van der Waals surface area contributed by atoms with Crippen LogP contribution in [0, 0.1) is 20.8 Å². The Bertz CT molecular complexity index is 1380. The number of nitrogens with one attached hydrogen (secondary N) is 2. The van der Waals surface area contributed by atoms with Gasteiger partial charge in [-0.15, -0.1) is 0 Å². The number of benzene rings is 2. The number of rotatable bonds is 9. The summed E-state index contributed by atoms with van der Waals surface area (Å²) in [4.78, 5) is 15.1. The summed E-state index contributed by atoms with van der Waals surface area (Å²) in [6.07, 6.45) is -0.169. The minimum Gasteiger partial charge on any atom is -0.349 e. The molecule has 0 unspecified atom stereocenters. The number of sulfonamides is 1. The number of alkyl halides is 3. The molecule has 2 aliphatic rings. The van der Waals surface area contributed by atoms with Crippen molar-refractivity contribution < 1.29 is 26.4 Å². The highest BCUT2D eigenvalue weighted by Gasteiger charge is 2.44. The zero-order chi connectivity index (χ0) is 29.9. The van der Waals surface area contributed by atoms with E-state index in [-0.39, 0.29) is 4.90 Å². The maximum Gasteiger partial charge on any atom is 0.405 e. The van der Waals surface area contributed by atoms with Crippen LogP contribution in [0.2, 0.25) is 0 Å². The molecular weight excluding hydrogens is 551 g/mol. The highest BCUT2D eigenvalue weighted by atomic mass is 32.2. The van der Waals surface area contributed by atoms with E-state index in [9.17, 15) is 26.4 Å². The monoisotopic (exact) mass is 591 g/mol. The molecule has 1 fully saturated rings. The molecule has 0 aromatic heterocycles. The summed E-state index contributed by atoms with van der Waals surface area (Å²) in [6.45, 7) is 12.1. The summed E-state index contributed by atoms with van der Waals surface area (Å²) >= 11 is 0. The lowest BCUT2D eigenvalue weighted by Crippen LogP contribution is -2.48. The second kappa shape index (κ2) is 12.7. The van der Waals surface area contributed by atoms with Crippen molar-refractivity contribution in [2.24, 2.45) is 0 Å². The third-order valence-electron chi connectivity index (χ3n) is 8.02. The normalized spacial score (nSPS) is 18.9. The number of piperidine rings is 1. The van der Waals surface area contributed by atoms with Crippen molar-refractivity contribution in [2.75, 3.05) is 19.6 Å². The fourth-order valence-electron chi connectivity index (χ4n) is 6.16. The van der Waals surface area contributed by atoms with E-state index >= 15 is 0 Å². The van der Waals surface area contributed by atoms with Crippen LogP contribution >= 0.6 is 0 Å². The van der Waals surface area contributed by atoms with Crippen LogP contribution in [0.1, 0.15) is 77.9 Å². The van der Waals surface area contributed by atoms with Gasteiger partial charge in [-0.3, -0.25) is 9.69 Å². The maximum atomic E-state index is 14.0. The van der Waals surface area contributed by atoms with E-state index in [1.807, 2.05) is 12.1 Å². The number of nitrogens with zero attached hydrogens (tertiary/aromatic N) is 1. The van der Waals surface area contributed by atoms with Gasteiger partial charge in [-0.05, 0) is 99.4 Å².